The Morgan fingerprint density at radius 1 is 1.25 bits per heavy atom. The van der Waals surface area contributed by atoms with Crippen LogP contribution >= 0.6 is 0 Å². The number of benzene rings is 1. The number of aromatic nitrogens is 1. The molecule has 0 fully saturated rings. The summed E-state index contributed by atoms with van der Waals surface area (Å²) >= 11 is 0. The fraction of sp³-hybridized carbons (Fsp3) is 0.364. The second kappa shape index (κ2) is 10.4. The van der Waals surface area contributed by atoms with E-state index in [1.807, 2.05) is 6.07 Å². The average Bonchev–Trinajstić information content (AvgIpc) is 2.76. The average molecular weight is 436 g/mol. The third kappa shape index (κ3) is 4.88. The van der Waals surface area contributed by atoms with E-state index >= 15 is 0 Å². The van der Waals surface area contributed by atoms with Gasteiger partial charge in [0.05, 0.1) is 12.3 Å². The van der Waals surface area contributed by atoms with Crippen molar-refractivity contribution in [2.45, 2.75) is 45.3 Å². The molecule has 1 aliphatic heterocycles. The Balaban J connectivity index is 2.01. The van der Waals surface area contributed by atoms with Gasteiger partial charge >= 0.3 is 0 Å². The molecule has 9 nitrogen and oxygen atoms in total. The van der Waals surface area contributed by atoms with E-state index in [9.17, 15) is 9.65 Å². The largest absolute Gasteiger partial charge is 0.397 e. The Hall–Kier alpha value is -3.89. The van der Waals surface area contributed by atoms with Crippen molar-refractivity contribution >= 4 is 23.3 Å². The van der Waals surface area contributed by atoms with E-state index in [0.29, 0.717) is 23.3 Å². The van der Waals surface area contributed by atoms with Crippen molar-refractivity contribution < 1.29 is 9.13 Å². The number of aliphatic imine (C=N–C) groups is 1. The molecule has 0 saturated carbocycles. The number of ether oxygens (including phenoxy) is 1. The third-order valence-electron chi connectivity index (χ3n) is 5.16. The molecular weight excluding hydrogens is 411 g/mol. The van der Waals surface area contributed by atoms with Crippen molar-refractivity contribution in [3.05, 3.63) is 46.3 Å². The number of fused-ring (bicyclic) bond motifs is 1. The first-order valence-electron chi connectivity index (χ1n) is 10.3. The number of unbranched alkanes of at least 4 members (excludes halogenated alkanes) is 3. The zero-order valence-electron chi connectivity index (χ0n) is 17.8. The number of halogens is 1. The fourth-order valence-corrected chi connectivity index (χ4v) is 3.59. The maximum Gasteiger partial charge on any atom is 0.211 e. The number of nitrogens with two attached hydrogens (primary N) is 2. The van der Waals surface area contributed by atoms with Gasteiger partial charge in [0.25, 0.3) is 0 Å². The number of nitrogen functional groups attached to an aromatic ring is 2. The van der Waals surface area contributed by atoms with Crippen LogP contribution in [-0.2, 0) is 11.3 Å². The molecule has 1 unspecified atom stereocenters. The predicted octanol–water partition coefficient (Wildman–Crippen LogP) is 3.30. The van der Waals surface area contributed by atoms with Gasteiger partial charge in [0, 0.05) is 12.2 Å². The molecule has 0 saturated heterocycles. The monoisotopic (exact) mass is 436 g/mol. The van der Waals surface area contributed by atoms with E-state index in [4.69, 9.17) is 21.5 Å². The van der Waals surface area contributed by atoms with E-state index in [1.165, 1.54) is 12.1 Å². The van der Waals surface area contributed by atoms with Crippen LogP contribution in [0, 0.1) is 28.6 Å². The van der Waals surface area contributed by atoms with Crippen molar-refractivity contribution in [2.24, 2.45) is 4.99 Å². The van der Waals surface area contributed by atoms with Crippen LogP contribution in [0.15, 0.2) is 23.2 Å². The molecule has 6 N–H and O–H groups in total. The smallest absolute Gasteiger partial charge is 0.211 e. The number of rotatable bonds is 8. The second-order valence-electron chi connectivity index (χ2n) is 7.36. The number of nitriles is 2. The molecule has 3 rings (SSSR count). The van der Waals surface area contributed by atoms with Gasteiger partial charge in [0.15, 0.2) is 6.19 Å². The molecule has 1 aliphatic rings. The Bertz CT molecular complexity index is 1100. The lowest BCUT2D eigenvalue weighted by atomic mass is 9.92. The first kappa shape index (κ1) is 22.8. The van der Waals surface area contributed by atoms with Crippen LogP contribution in [-0.4, -0.2) is 17.6 Å². The van der Waals surface area contributed by atoms with Crippen LogP contribution in [0.25, 0.3) is 0 Å². The van der Waals surface area contributed by atoms with Crippen molar-refractivity contribution in [2.75, 3.05) is 23.4 Å². The number of nitrogens with one attached hydrogen (secondary N) is 2. The summed E-state index contributed by atoms with van der Waals surface area (Å²) in [5.74, 6) is -0.0415. The first-order valence-corrected chi connectivity index (χ1v) is 10.3. The molecule has 1 aromatic heterocycles. The van der Waals surface area contributed by atoms with Crippen LogP contribution in [0.2, 0.25) is 0 Å². The fourth-order valence-electron chi connectivity index (χ4n) is 3.59. The second-order valence-corrected chi connectivity index (χ2v) is 7.36. The molecule has 0 amide bonds. The number of anilines is 3. The Labute approximate surface area is 185 Å². The van der Waals surface area contributed by atoms with Gasteiger partial charge in [-0.15, -0.1) is 0 Å². The Morgan fingerprint density at radius 3 is 2.78 bits per heavy atom. The number of hydrogen-bond donors (Lipinski definition) is 4. The van der Waals surface area contributed by atoms with Crippen molar-refractivity contribution in [3.8, 4) is 12.3 Å². The summed E-state index contributed by atoms with van der Waals surface area (Å²) in [5.41, 5.74) is 14.0. The van der Waals surface area contributed by atoms with E-state index in [0.717, 1.165) is 25.7 Å². The van der Waals surface area contributed by atoms with Crippen LogP contribution in [0.3, 0.4) is 0 Å². The molecule has 0 bridgehead atoms. The molecule has 1 atom stereocenters. The third-order valence-corrected chi connectivity index (χ3v) is 5.16. The molecule has 1 aromatic carbocycles. The number of nitrogens with zero attached hydrogens (tertiary/aromatic N) is 4. The van der Waals surface area contributed by atoms with E-state index in [2.05, 4.69) is 27.5 Å². The van der Waals surface area contributed by atoms with Crippen LogP contribution in [0.4, 0.5) is 21.7 Å². The molecule has 166 valence electrons. The van der Waals surface area contributed by atoms with Gasteiger partial charge in [0.2, 0.25) is 5.96 Å². The molecule has 0 spiro atoms. The Kier molecular flexibility index (Phi) is 7.42. The number of guanidine groups is 1. The summed E-state index contributed by atoms with van der Waals surface area (Å²) in [6.45, 7) is 2.88. The normalized spacial score (nSPS) is 14.5. The first-order chi connectivity index (χ1) is 15.5. The van der Waals surface area contributed by atoms with Crippen LogP contribution < -0.4 is 22.1 Å². The lowest BCUT2D eigenvalue weighted by molar-refractivity contribution is 0.116. The maximum atomic E-state index is 14.1. The minimum Gasteiger partial charge on any atom is -0.397 e. The molecule has 10 heteroatoms. The highest BCUT2D eigenvalue weighted by molar-refractivity contribution is 5.98. The van der Waals surface area contributed by atoms with E-state index in [-0.39, 0.29) is 35.5 Å². The standard InChI is InChI=1S/C22H25FN8O/c1-2-3-4-5-8-32-11-13-9-14(23)6-7-15(13)19-17-18(26)16(10-24)20(27)30-21(17)31-22(29-19)28-12-25/h6-7,9,19H,2-5,8,11H2,1H3,(H6,26,27,28,29,30,31). The van der Waals surface area contributed by atoms with Crippen molar-refractivity contribution in [1.82, 2.24) is 10.3 Å². The lowest BCUT2D eigenvalue weighted by Gasteiger charge is -2.27. The minimum atomic E-state index is -0.749. The highest BCUT2D eigenvalue weighted by Gasteiger charge is 2.31. The SMILES string of the molecule is CCCCCCOCc1cc(F)ccc1C1N=C(NC#N)Nc2nc(N)c(C#N)c(N)c21. The zero-order valence-corrected chi connectivity index (χ0v) is 17.8. The molecule has 32 heavy (non-hydrogen) atoms. The Morgan fingerprint density at radius 2 is 2.06 bits per heavy atom. The molecule has 2 aromatic rings. The summed E-state index contributed by atoms with van der Waals surface area (Å²) in [6, 6.07) is 5.52. The number of hydrogen-bond acceptors (Lipinski definition) is 9. The molecule has 2 heterocycles. The van der Waals surface area contributed by atoms with Gasteiger partial charge in [-0.1, -0.05) is 32.3 Å². The van der Waals surface area contributed by atoms with Crippen molar-refractivity contribution in [1.29, 1.82) is 10.5 Å². The van der Waals surface area contributed by atoms with E-state index < -0.39 is 11.9 Å². The van der Waals surface area contributed by atoms with Crippen LogP contribution in [0.5, 0.6) is 0 Å². The maximum absolute atomic E-state index is 14.1. The molecule has 0 radical (unpaired) electrons. The highest BCUT2D eigenvalue weighted by Crippen LogP contribution is 2.41. The van der Waals surface area contributed by atoms with Gasteiger partial charge < -0.3 is 21.5 Å². The predicted molar refractivity (Wildman–Crippen MR) is 120 cm³/mol. The minimum absolute atomic E-state index is 0.0389. The zero-order chi connectivity index (χ0) is 23.1. The topological polar surface area (TPSA) is 158 Å². The number of pyridine rings is 1. The summed E-state index contributed by atoms with van der Waals surface area (Å²) in [4.78, 5) is 8.77. The van der Waals surface area contributed by atoms with Crippen LogP contribution in [0.1, 0.15) is 60.9 Å². The highest BCUT2D eigenvalue weighted by atomic mass is 19.1. The van der Waals surface area contributed by atoms with Crippen molar-refractivity contribution in [3.63, 3.8) is 0 Å². The quantitative estimate of drug-likeness (QED) is 0.279. The molecule has 0 aliphatic carbocycles. The van der Waals surface area contributed by atoms with Gasteiger partial charge in [-0.3, -0.25) is 5.32 Å². The molecular formula is C22H25FN8O. The van der Waals surface area contributed by atoms with Gasteiger partial charge in [-0.05, 0) is 29.7 Å². The summed E-state index contributed by atoms with van der Waals surface area (Å²) in [5, 5.41) is 23.8. The van der Waals surface area contributed by atoms with Gasteiger partial charge in [-0.2, -0.15) is 10.5 Å². The summed E-state index contributed by atoms with van der Waals surface area (Å²) in [6.07, 6.45) is 6.07. The van der Waals surface area contributed by atoms with Gasteiger partial charge in [0.1, 0.15) is 35.1 Å². The lowest BCUT2D eigenvalue weighted by Crippen LogP contribution is -2.33. The van der Waals surface area contributed by atoms with Gasteiger partial charge in [-0.25, -0.2) is 14.4 Å². The summed E-state index contributed by atoms with van der Waals surface area (Å²) < 4.78 is 19.9. The summed E-state index contributed by atoms with van der Waals surface area (Å²) in [7, 11) is 0. The van der Waals surface area contributed by atoms with E-state index in [1.54, 1.807) is 12.3 Å².